The van der Waals surface area contributed by atoms with Crippen LogP contribution in [0, 0.1) is 0 Å². The molecule has 3 unspecified atom stereocenters. The van der Waals surface area contributed by atoms with Crippen LogP contribution in [0.1, 0.15) is 44.9 Å². The Morgan fingerprint density at radius 3 is 2.33 bits per heavy atom. The smallest absolute Gasteiger partial charge is 0.0865 e. The number of fused-ring (bicyclic) bond motifs is 2. The van der Waals surface area contributed by atoms with Crippen molar-refractivity contribution in [2.75, 3.05) is 0 Å². The maximum absolute atomic E-state index is 9.41. The molecule has 86 valence electrons. The van der Waals surface area contributed by atoms with Gasteiger partial charge in [0.15, 0.2) is 0 Å². The minimum Gasteiger partial charge on any atom is -0.393 e. The van der Waals surface area contributed by atoms with Gasteiger partial charge in [0.1, 0.15) is 0 Å². The first-order chi connectivity index (χ1) is 7.31. The Labute approximate surface area is 90.8 Å². The average molecular weight is 212 g/mol. The standard InChI is InChI=1S/C12H20O3/c13-8-1-3-9(4-2-8)14-11-6-5-10-7-12(11)15-10/h8-13H,1-7H2. The molecule has 0 amide bonds. The van der Waals surface area contributed by atoms with E-state index in [1.165, 1.54) is 19.3 Å². The minimum absolute atomic E-state index is 0.0828. The summed E-state index contributed by atoms with van der Waals surface area (Å²) in [4.78, 5) is 0. The second-order valence-corrected chi connectivity index (χ2v) is 5.21. The molecule has 2 aliphatic carbocycles. The van der Waals surface area contributed by atoms with Crippen molar-refractivity contribution in [1.82, 2.24) is 0 Å². The van der Waals surface area contributed by atoms with Crippen LogP contribution in [0.15, 0.2) is 0 Å². The zero-order chi connectivity index (χ0) is 10.3. The van der Waals surface area contributed by atoms with Crippen molar-refractivity contribution in [3.8, 4) is 0 Å². The average Bonchev–Trinajstić information content (AvgIpc) is 2.21. The lowest BCUT2D eigenvalue weighted by Gasteiger charge is -2.47. The second-order valence-electron chi connectivity index (χ2n) is 5.21. The maximum atomic E-state index is 9.41. The fraction of sp³-hybridized carbons (Fsp3) is 1.00. The number of ether oxygens (including phenoxy) is 2. The molecule has 4 rings (SSSR count). The number of rotatable bonds is 2. The van der Waals surface area contributed by atoms with Crippen LogP contribution in [-0.2, 0) is 9.47 Å². The predicted molar refractivity (Wildman–Crippen MR) is 55.6 cm³/mol. The third kappa shape index (κ3) is 2.05. The normalized spacial score (nSPS) is 49.8. The summed E-state index contributed by atoms with van der Waals surface area (Å²) >= 11 is 0. The van der Waals surface area contributed by atoms with E-state index in [1.54, 1.807) is 0 Å². The molecule has 2 bridgehead atoms. The molecule has 0 radical (unpaired) electrons. The van der Waals surface area contributed by atoms with Crippen LogP contribution in [0.4, 0.5) is 0 Å². The van der Waals surface area contributed by atoms with E-state index >= 15 is 0 Å². The Hall–Kier alpha value is -0.120. The van der Waals surface area contributed by atoms with Crippen molar-refractivity contribution in [3.05, 3.63) is 0 Å². The molecular formula is C12H20O3. The lowest BCUT2D eigenvalue weighted by Crippen LogP contribution is -2.52. The summed E-state index contributed by atoms with van der Waals surface area (Å²) < 4.78 is 11.8. The molecule has 4 aliphatic rings. The molecule has 3 heteroatoms. The van der Waals surface area contributed by atoms with Crippen molar-refractivity contribution in [3.63, 3.8) is 0 Å². The fourth-order valence-electron chi connectivity index (χ4n) is 3.04. The van der Waals surface area contributed by atoms with Crippen LogP contribution in [0.5, 0.6) is 0 Å². The van der Waals surface area contributed by atoms with Crippen molar-refractivity contribution in [1.29, 1.82) is 0 Å². The molecular weight excluding hydrogens is 192 g/mol. The highest BCUT2D eigenvalue weighted by molar-refractivity contribution is 4.91. The highest BCUT2D eigenvalue weighted by atomic mass is 16.6. The van der Waals surface area contributed by atoms with Crippen LogP contribution in [0.3, 0.4) is 0 Å². The zero-order valence-electron chi connectivity index (χ0n) is 9.10. The van der Waals surface area contributed by atoms with Crippen LogP contribution in [0.25, 0.3) is 0 Å². The van der Waals surface area contributed by atoms with Gasteiger partial charge in [0.2, 0.25) is 0 Å². The zero-order valence-corrected chi connectivity index (χ0v) is 9.10. The van der Waals surface area contributed by atoms with E-state index in [1.807, 2.05) is 0 Å². The van der Waals surface area contributed by atoms with Gasteiger partial charge in [-0.3, -0.25) is 0 Å². The van der Waals surface area contributed by atoms with E-state index in [0.717, 1.165) is 25.7 Å². The lowest BCUT2D eigenvalue weighted by atomic mass is 9.86. The Kier molecular flexibility index (Phi) is 2.71. The maximum Gasteiger partial charge on any atom is 0.0865 e. The number of aliphatic hydroxyl groups excluding tert-OH is 1. The van der Waals surface area contributed by atoms with E-state index in [-0.39, 0.29) is 6.10 Å². The molecule has 0 aromatic rings. The van der Waals surface area contributed by atoms with Crippen molar-refractivity contribution in [2.45, 2.75) is 75.5 Å². The molecule has 3 nitrogen and oxygen atoms in total. The monoisotopic (exact) mass is 212 g/mol. The Balaban J connectivity index is 1.48. The van der Waals surface area contributed by atoms with Crippen LogP contribution >= 0.6 is 0 Å². The van der Waals surface area contributed by atoms with Gasteiger partial charge in [0, 0.05) is 6.42 Å². The van der Waals surface area contributed by atoms with Gasteiger partial charge >= 0.3 is 0 Å². The van der Waals surface area contributed by atoms with E-state index in [0.29, 0.717) is 24.4 Å². The van der Waals surface area contributed by atoms with E-state index in [2.05, 4.69) is 0 Å². The summed E-state index contributed by atoms with van der Waals surface area (Å²) in [5.41, 5.74) is 0. The van der Waals surface area contributed by atoms with Gasteiger partial charge in [-0.05, 0) is 38.5 Å². The number of hydrogen-bond acceptors (Lipinski definition) is 3. The largest absolute Gasteiger partial charge is 0.393 e. The van der Waals surface area contributed by atoms with Gasteiger partial charge in [-0.2, -0.15) is 0 Å². The highest BCUT2D eigenvalue weighted by Crippen LogP contribution is 2.38. The lowest BCUT2D eigenvalue weighted by molar-refractivity contribution is -0.233. The molecule has 3 atom stereocenters. The SMILES string of the molecule is OC1CCC(OC2CCC3CC2O3)CC1. The van der Waals surface area contributed by atoms with Gasteiger partial charge in [-0.15, -0.1) is 0 Å². The van der Waals surface area contributed by atoms with Crippen LogP contribution in [-0.4, -0.2) is 35.6 Å². The summed E-state index contributed by atoms with van der Waals surface area (Å²) in [5, 5.41) is 9.41. The molecule has 0 aromatic heterocycles. The fourth-order valence-corrected chi connectivity index (χ4v) is 3.04. The molecule has 15 heavy (non-hydrogen) atoms. The molecule has 2 heterocycles. The minimum atomic E-state index is -0.0828. The van der Waals surface area contributed by atoms with Gasteiger partial charge in [-0.1, -0.05) is 0 Å². The molecule has 2 saturated carbocycles. The topological polar surface area (TPSA) is 38.7 Å². The first-order valence-electron chi connectivity index (χ1n) is 6.30. The Morgan fingerprint density at radius 2 is 1.73 bits per heavy atom. The molecule has 2 saturated heterocycles. The van der Waals surface area contributed by atoms with Crippen molar-refractivity contribution in [2.24, 2.45) is 0 Å². The van der Waals surface area contributed by atoms with Gasteiger partial charge in [0.05, 0.1) is 30.5 Å². The Morgan fingerprint density at radius 1 is 1.00 bits per heavy atom. The summed E-state index contributed by atoms with van der Waals surface area (Å²) in [6, 6.07) is 0. The van der Waals surface area contributed by atoms with E-state index in [9.17, 15) is 5.11 Å². The quantitative estimate of drug-likeness (QED) is 0.756. The second kappa shape index (κ2) is 4.04. The third-order valence-electron chi connectivity index (χ3n) is 4.06. The first kappa shape index (κ1) is 10.1. The summed E-state index contributed by atoms with van der Waals surface area (Å²) in [6.45, 7) is 0. The van der Waals surface area contributed by atoms with Crippen molar-refractivity contribution >= 4 is 0 Å². The molecule has 0 spiro atoms. The van der Waals surface area contributed by atoms with E-state index in [4.69, 9.17) is 9.47 Å². The molecule has 4 fully saturated rings. The van der Waals surface area contributed by atoms with Crippen LogP contribution < -0.4 is 0 Å². The number of hydrogen-bond donors (Lipinski definition) is 1. The van der Waals surface area contributed by atoms with Crippen molar-refractivity contribution < 1.29 is 14.6 Å². The Bertz CT molecular complexity index is 214. The first-order valence-corrected chi connectivity index (χ1v) is 6.30. The molecule has 2 aliphatic heterocycles. The van der Waals surface area contributed by atoms with Gasteiger partial charge in [0.25, 0.3) is 0 Å². The predicted octanol–water partition coefficient (Wildman–Crippen LogP) is 1.63. The van der Waals surface area contributed by atoms with Gasteiger partial charge < -0.3 is 14.6 Å². The number of aliphatic hydroxyl groups is 1. The van der Waals surface area contributed by atoms with E-state index < -0.39 is 0 Å². The highest BCUT2D eigenvalue weighted by Gasteiger charge is 2.42. The summed E-state index contributed by atoms with van der Waals surface area (Å²) in [5.74, 6) is 0. The summed E-state index contributed by atoms with van der Waals surface area (Å²) in [6.07, 6.45) is 8.98. The van der Waals surface area contributed by atoms with Gasteiger partial charge in [-0.25, -0.2) is 0 Å². The third-order valence-corrected chi connectivity index (χ3v) is 4.06. The molecule has 0 aromatic carbocycles. The van der Waals surface area contributed by atoms with Crippen LogP contribution in [0.2, 0.25) is 0 Å². The molecule has 1 N–H and O–H groups in total. The summed E-state index contributed by atoms with van der Waals surface area (Å²) in [7, 11) is 0.